The molecule has 3 aromatic rings. The molecule has 0 saturated carbocycles. The first-order chi connectivity index (χ1) is 15.8. The average Bonchev–Trinajstić information content (AvgIpc) is 2.85. The van der Waals surface area contributed by atoms with Crippen molar-refractivity contribution >= 4 is 5.91 Å². The van der Waals surface area contributed by atoms with Crippen molar-refractivity contribution < 1.29 is 14.3 Å². The number of morpholine rings is 1. The Labute approximate surface area is 188 Å². The van der Waals surface area contributed by atoms with Gasteiger partial charge in [-0.25, -0.2) is 9.97 Å². The van der Waals surface area contributed by atoms with Crippen LogP contribution in [0.3, 0.4) is 0 Å². The first-order valence-electron chi connectivity index (χ1n) is 10.9. The van der Waals surface area contributed by atoms with Crippen molar-refractivity contribution in [1.82, 2.24) is 20.2 Å². The maximum atomic E-state index is 12.2. The number of rotatable bonds is 9. The summed E-state index contributed by atoms with van der Waals surface area (Å²) in [5, 5.41) is 2.95. The molecule has 1 saturated heterocycles. The second kappa shape index (κ2) is 11.4. The Bertz CT molecular complexity index is 972. The van der Waals surface area contributed by atoms with Gasteiger partial charge in [-0.05, 0) is 11.1 Å². The van der Waals surface area contributed by atoms with E-state index in [1.807, 2.05) is 54.6 Å². The zero-order chi connectivity index (χ0) is 22.0. The van der Waals surface area contributed by atoms with Crippen LogP contribution in [0.5, 0.6) is 5.75 Å². The van der Waals surface area contributed by atoms with Gasteiger partial charge in [0.25, 0.3) is 0 Å². The predicted molar refractivity (Wildman–Crippen MR) is 122 cm³/mol. The minimum atomic E-state index is -0.00330. The standard InChI is InChI=1S/C25H28N4O3/c30-24(26-17-21-4-2-1-3-5-21)16-20-6-8-22(9-7-20)25-27-18-23(19-28-25)32-15-12-29-10-13-31-14-11-29/h1-9,18-19H,10-17H2,(H,26,30). The molecule has 166 valence electrons. The van der Waals surface area contributed by atoms with Gasteiger partial charge in [0, 0.05) is 31.7 Å². The summed E-state index contributed by atoms with van der Waals surface area (Å²) in [4.78, 5) is 23.4. The number of nitrogens with zero attached hydrogens (tertiary/aromatic N) is 3. The van der Waals surface area contributed by atoms with Gasteiger partial charge in [-0.3, -0.25) is 9.69 Å². The lowest BCUT2D eigenvalue weighted by atomic mass is 10.1. The summed E-state index contributed by atoms with van der Waals surface area (Å²) in [6.07, 6.45) is 3.74. The molecule has 4 rings (SSSR count). The van der Waals surface area contributed by atoms with Gasteiger partial charge < -0.3 is 14.8 Å². The maximum Gasteiger partial charge on any atom is 0.224 e. The summed E-state index contributed by atoms with van der Waals surface area (Å²) < 4.78 is 11.1. The molecule has 0 bridgehead atoms. The van der Waals surface area contributed by atoms with Gasteiger partial charge in [0.05, 0.1) is 32.0 Å². The fraction of sp³-hybridized carbons (Fsp3) is 0.320. The van der Waals surface area contributed by atoms with Crippen LogP contribution in [0, 0.1) is 0 Å². The van der Waals surface area contributed by atoms with Crippen LogP contribution in [-0.2, 0) is 22.5 Å². The highest BCUT2D eigenvalue weighted by Crippen LogP contribution is 2.17. The first-order valence-corrected chi connectivity index (χ1v) is 10.9. The normalized spacial score (nSPS) is 14.1. The summed E-state index contributed by atoms with van der Waals surface area (Å²) in [6, 6.07) is 17.6. The molecule has 7 heteroatoms. The van der Waals surface area contributed by atoms with Gasteiger partial charge >= 0.3 is 0 Å². The minimum absolute atomic E-state index is 0.00330. The van der Waals surface area contributed by atoms with Gasteiger partial charge in [0.1, 0.15) is 6.61 Å². The van der Waals surface area contributed by atoms with Crippen LogP contribution in [0.15, 0.2) is 67.0 Å². The third-order valence-corrected chi connectivity index (χ3v) is 5.32. The van der Waals surface area contributed by atoms with E-state index in [9.17, 15) is 4.79 Å². The SMILES string of the molecule is O=C(Cc1ccc(-c2ncc(OCCN3CCOCC3)cn2)cc1)NCc1ccccc1. The highest BCUT2D eigenvalue weighted by molar-refractivity contribution is 5.78. The van der Waals surface area contributed by atoms with E-state index in [-0.39, 0.29) is 5.91 Å². The maximum absolute atomic E-state index is 12.2. The zero-order valence-corrected chi connectivity index (χ0v) is 18.1. The predicted octanol–water partition coefficient (Wildman–Crippen LogP) is 2.71. The topological polar surface area (TPSA) is 76.6 Å². The summed E-state index contributed by atoms with van der Waals surface area (Å²) in [5.41, 5.74) is 2.93. The van der Waals surface area contributed by atoms with Crippen LogP contribution >= 0.6 is 0 Å². The quantitative estimate of drug-likeness (QED) is 0.560. The van der Waals surface area contributed by atoms with Crippen molar-refractivity contribution in [2.75, 3.05) is 39.5 Å². The number of carbonyl (C=O) groups excluding carboxylic acids is 1. The smallest absolute Gasteiger partial charge is 0.224 e. The van der Waals surface area contributed by atoms with E-state index >= 15 is 0 Å². The van der Waals surface area contributed by atoms with Crippen LogP contribution in [0.2, 0.25) is 0 Å². The summed E-state index contributed by atoms with van der Waals surface area (Å²) in [7, 11) is 0. The third-order valence-electron chi connectivity index (χ3n) is 5.32. The molecular formula is C25H28N4O3. The van der Waals surface area contributed by atoms with Gasteiger partial charge in [-0.1, -0.05) is 54.6 Å². The van der Waals surface area contributed by atoms with Crippen molar-refractivity contribution in [3.8, 4) is 17.1 Å². The van der Waals surface area contributed by atoms with Crippen LogP contribution < -0.4 is 10.1 Å². The van der Waals surface area contributed by atoms with Crippen LogP contribution in [0.25, 0.3) is 11.4 Å². The van der Waals surface area contributed by atoms with Gasteiger partial charge in [0.15, 0.2) is 11.6 Å². The van der Waals surface area contributed by atoms with E-state index in [4.69, 9.17) is 9.47 Å². The number of aromatic nitrogens is 2. The monoisotopic (exact) mass is 432 g/mol. The van der Waals surface area contributed by atoms with Gasteiger partial charge in [-0.15, -0.1) is 0 Å². The summed E-state index contributed by atoms with van der Waals surface area (Å²) in [5.74, 6) is 1.29. The lowest BCUT2D eigenvalue weighted by Gasteiger charge is -2.26. The van der Waals surface area contributed by atoms with E-state index in [1.165, 1.54) is 0 Å². The van der Waals surface area contributed by atoms with Crippen molar-refractivity contribution in [3.63, 3.8) is 0 Å². The Kier molecular flexibility index (Phi) is 7.79. The molecule has 1 aromatic heterocycles. The van der Waals surface area contributed by atoms with Crippen LogP contribution in [0.1, 0.15) is 11.1 Å². The van der Waals surface area contributed by atoms with Crippen LogP contribution in [0.4, 0.5) is 0 Å². The number of ether oxygens (including phenoxy) is 2. The molecule has 32 heavy (non-hydrogen) atoms. The van der Waals surface area contributed by atoms with E-state index in [2.05, 4.69) is 20.2 Å². The molecule has 1 aliphatic rings. The Balaban J connectivity index is 1.23. The number of nitrogens with one attached hydrogen (secondary N) is 1. The fourth-order valence-electron chi connectivity index (χ4n) is 3.47. The van der Waals surface area contributed by atoms with E-state index in [0.29, 0.717) is 31.1 Å². The molecule has 0 radical (unpaired) electrons. The van der Waals surface area contributed by atoms with Crippen molar-refractivity contribution in [1.29, 1.82) is 0 Å². The molecule has 1 amide bonds. The number of carbonyl (C=O) groups is 1. The Hall–Kier alpha value is -3.29. The molecule has 0 atom stereocenters. The second-order valence-corrected chi connectivity index (χ2v) is 7.68. The van der Waals surface area contributed by atoms with Gasteiger partial charge in [-0.2, -0.15) is 0 Å². The first kappa shape index (κ1) is 21.9. The third kappa shape index (κ3) is 6.60. The Morgan fingerprint density at radius 3 is 2.41 bits per heavy atom. The average molecular weight is 433 g/mol. The number of hydrogen-bond acceptors (Lipinski definition) is 6. The molecule has 1 aliphatic heterocycles. The summed E-state index contributed by atoms with van der Waals surface area (Å²) in [6.45, 7) is 5.47. The minimum Gasteiger partial charge on any atom is -0.489 e. The lowest BCUT2D eigenvalue weighted by molar-refractivity contribution is -0.120. The zero-order valence-electron chi connectivity index (χ0n) is 18.1. The Morgan fingerprint density at radius 2 is 1.69 bits per heavy atom. The highest BCUT2D eigenvalue weighted by atomic mass is 16.5. The van der Waals surface area contributed by atoms with Crippen molar-refractivity contribution in [3.05, 3.63) is 78.1 Å². The molecular weight excluding hydrogens is 404 g/mol. The molecule has 0 aliphatic carbocycles. The molecule has 2 aromatic carbocycles. The molecule has 0 unspecified atom stereocenters. The lowest BCUT2D eigenvalue weighted by Crippen LogP contribution is -2.38. The summed E-state index contributed by atoms with van der Waals surface area (Å²) >= 11 is 0. The number of hydrogen-bond donors (Lipinski definition) is 1. The largest absolute Gasteiger partial charge is 0.489 e. The van der Waals surface area contributed by atoms with E-state index in [1.54, 1.807) is 12.4 Å². The molecule has 0 spiro atoms. The molecule has 7 nitrogen and oxygen atoms in total. The highest BCUT2D eigenvalue weighted by Gasteiger charge is 2.10. The second-order valence-electron chi connectivity index (χ2n) is 7.68. The van der Waals surface area contributed by atoms with Crippen molar-refractivity contribution in [2.24, 2.45) is 0 Å². The van der Waals surface area contributed by atoms with Crippen LogP contribution in [-0.4, -0.2) is 60.2 Å². The molecule has 1 fully saturated rings. The molecule has 1 N–H and O–H groups in total. The van der Waals surface area contributed by atoms with Gasteiger partial charge in [0.2, 0.25) is 5.91 Å². The Morgan fingerprint density at radius 1 is 0.969 bits per heavy atom. The van der Waals surface area contributed by atoms with E-state index < -0.39 is 0 Å². The fourth-order valence-corrected chi connectivity index (χ4v) is 3.47. The number of amides is 1. The van der Waals surface area contributed by atoms with E-state index in [0.717, 1.165) is 49.5 Å². The van der Waals surface area contributed by atoms with Crippen molar-refractivity contribution in [2.45, 2.75) is 13.0 Å². The molecule has 2 heterocycles. The number of benzene rings is 2.